The molecule has 0 bridgehead atoms. The van der Waals surface area contributed by atoms with Crippen LogP contribution in [0.3, 0.4) is 0 Å². The average Bonchev–Trinajstić information content (AvgIpc) is 2.88. The SMILES string of the molecule is OC(O[C@@H]1CCCCO1)C1CO1. The van der Waals surface area contributed by atoms with Gasteiger partial charge in [-0.2, -0.15) is 0 Å². The molecule has 0 amide bonds. The van der Waals surface area contributed by atoms with Crippen molar-refractivity contribution >= 4 is 0 Å². The number of rotatable bonds is 3. The fourth-order valence-electron chi connectivity index (χ4n) is 1.28. The van der Waals surface area contributed by atoms with E-state index in [0.717, 1.165) is 25.9 Å². The summed E-state index contributed by atoms with van der Waals surface area (Å²) in [5.74, 6) is 0. The number of hydrogen-bond acceptors (Lipinski definition) is 4. The lowest BCUT2D eigenvalue weighted by atomic mass is 10.2. The lowest BCUT2D eigenvalue weighted by Crippen LogP contribution is -2.30. The van der Waals surface area contributed by atoms with Crippen LogP contribution in [0.2, 0.25) is 0 Å². The van der Waals surface area contributed by atoms with Crippen LogP contribution in [0.15, 0.2) is 0 Å². The molecule has 2 unspecified atom stereocenters. The van der Waals surface area contributed by atoms with Gasteiger partial charge in [0.2, 0.25) is 0 Å². The van der Waals surface area contributed by atoms with E-state index in [1.807, 2.05) is 0 Å². The van der Waals surface area contributed by atoms with Crippen LogP contribution >= 0.6 is 0 Å². The van der Waals surface area contributed by atoms with E-state index in [1.165, 1.54) is 0 Å². The molecular formula is C8H14O4. The molecule has 12 heavy (non-hydrogen) atoms. The van der Waals surface area contributed by atoms with Gasteiger partial charge in [0.15, 0.2) is 12.6 Å². The van der Waals surface area contributed by atoms with Crippen LogP contribution < -0.4 is 0 Å². The fourth-order valence-corrected chi connectivity index (χ4v) is 1.28. The molecule has 4 nitrogen and oxygen atoms in total. The molecule has 1 N–H and O–H groups in total. The van der Waals surface area contributed by atoms with E-state index < -0.39 is 6.29 Å². The van der Waals surface area contributed by atoms with Gasteiger partial charge in [-0.25, -0.2) is 0 Å². The largest absolute Gasteiger partial charge is 0.368 e. The monoisotopic (exact) mass is 174 g/mol. The Hall–Kier alpha value is -0.160. The molecule has 0 aliphatic carbocycles. The molecule has 2 aliphatic heterocycles. The summed E-state index contributed by atoms with van der Waals surface area (Å²) in [6.07, 6.45) is 1.95. The first-order valence-corrected chi connectivity index (χ1v) is 4.43. The highest BCUT2D eigenvalue weighted by Gasteiger charge is 2.34. The standard InChI is InChI=1S/C8H14O4/c9-8(6-5-11-6)12-7-3-1-2-4-10-7/h6-9H,1-5H2/t6?,7-,8?/m1/s1. The van der Waals surface area contributed by atoms with Crippen LogP contribution in [0.1, 0.15) is 19.3 Å². The summed E-state index contributed by atoms with van der Waals surface area (Å²) in [6, 6.07) is 0. The molecule has 2 saturated heterocycles. The van der Waals surface area contributed by atoms with Gasteiger partial charge in [0.1, 0.15) is 6.10 Å². The normalized spacial score (nSPS) is 37.8. The van der Waals surface area contributed by atoms with Gasteiger partial charge < -0.3 is 19.3 Å². The average molecular weight is 174 g/mol. The lowest BCUT2D eigenvalue weighted by Gasteiger charge is -2.24. The maximum Gasteiger partial charge on any atom is 0.186 e. The third-order valence-electron chi connectivity index (χ3n) is 2.11. The zero-order valence-corrected chi connectivity index (χ0v) is 6.94. The second kappa shape index (κ2) is 3.70. The first kappa shape index (κ1) is 8.44. The quantitative estimate of drug-likeness (QED) is 0.492. The van der Waals surface area contributed by atoms with Gasteiger partial charge in [-0.1, -0.05) is 0 Å². The van der Waals surface area contributed by atoms with Crippen LogP contribution in [-0.4, -0.2) is 37.0 Å². The Labute approximate surface area is 71.4 Å². The molecule has 0 spiro atoms. The molecule has 3 atom stereocenters. The minimum absolute atomic E-state index is 0.115. The van der Waals surface area contributed by atoms with Crippen LogP contribution in [-0.2, 0) is 14.2 Å². The molecule has 0 saturated carbocycles. The number of aliphatic hydroxyl groups excluding tert-OH is 1. The molecule has 0 aromatic carbocycles. The summed E-state index contributed by atoms with van der Waals surface area (Å²) < 4.78 is 15.4. The van der Waals surface area contributed by atoms with E-state index in [9.17, 15) is 5.11 Å². The highest BCUT2D eigenvalue weighted by molar-refractivity contribution is 4.72. The minimum atomic E-state index is -0.798. The Morgan fingerprint density at radius 1 is 1.33 bits per heavy atom. The van der Waals surface area contributed by atoms with Crippen LogP contribution in [0.5, 0.6) is 0 Å². The molecule has 4 heteroatoms. The maximum absolute atomic E-state index is 9.31. The molecule has 0 radical (unpaired) electrons. The van der Waals surface area contributed by atoms with Crippen molar-refractivity contribution in [3.63, 3.8) is 0 Å². The van der Waals surface area contributed by atoms with E-state index >= 15 is 0 Å². The van der Waals surface area contributed by atoms with Gasteiger partial charge in [-0.3, -0.25) is 0 Å². The summed E-state index contributed by atoms with van der Waals surface area (Å²) in [7, 11) is 0. The second-order valence-electron chi connectivity index (χ2n) is 3.19. The van der Waals surface area contributed by atoms with Crippen LogP contribution in [0.25, 0.3) is 0 Å². The number of aliphatic hydroxyl groups is 1. The minimum Gasteiger partial charge on any atom is -0.368 e. The Kier molecular flexibility index (Phi) is 2.60. The van der Waals surface area contributed by atoms with Gasteiger partial charge >= 0.3 is 0 Å². The van der Waals surface area contributed by atoms with E-state index in [-0.39, 0.29) is 12.4 Å². The highest BCUT2D eigenvalue weighted by atomic mass is 16.7. The molecule has 2 heterocycles. The third kappa shape index (κ3) is 2.17. The highest BCUT2D eigenvalue weighted by Crippen LogP contribution is 2.20. The van der Waals surface area contributed by atoms with Gasteiger partial charge in [0, 0.05) is 6.61 Å². The summed E-state index contributed by atoms with van der Waals surface area (Å²) in [5, 5.41) is 9.31. The summed E-state index contributed by atoms with van der Waals surface area (Å²) in [4.78, 5) is 0. The first-order chi connectivity index (χ1) is 5.86. The lowest BCUT2D eigenvalue weighted by molar-refractivity contribution is -0.244. The Balaban J connectivity index is 1.69. The predicted molar refractivity (Wildman–Crippen MR) is 40.4 cm³/mol. The Bertz CT molecular complexity index is 140. The molecule has 0 aromatic heterocycles. The van der Waals surface area contributed by atoms with Crippen LogP contribution in [0, 0.1) is 0 Å². The first-order valence-electron chi connectivity index (χ1n) is 4.43. The van der Waals surface area contributed by atoms with Gasteiger partial charge in [-0.05, 0) is 19.3 Å². The van der Waals surface area contributed by atoms with Crippen molar-refractivity contribution in [2.24, 2.45) is 0 Å². The topological polar surface area (TPSA) is 51.2 Å². The van der Waals surface area contributed by atoms with E-state index in [4.69, 9.17) is 14.2 Å². The summed E-state index contributed by atoms with van der Waals surface area (Å²) in [6.45, 7) is 1.34. The Morgan fingerprint density at radius 3 is 2.75 bits per heavy atom. The Morgan fingerprint density at radius 2 is 2.17 bits per heavy atom. The van der Waals surface area contributed by atoms with Gasteiger partial charge in [-0.15, -0.1) is 0 Å². The van der Waals surface area contributed by atoms with Crippen molar-refractivity contribution in [1.29, 1.82) is 0 Å². The number of ether oxygens (including phenoxy) is 3. The molecule has 2 rings (SSSR count). The smallest absolute Gasteiger partial charge is 0.186 e. The predicted octanol–water partition coefficient (Wildman–Crippen LogP) is 0.247. The maximum atomic E-state index is 9.31. The summed E-state index contributed by atoms with van der Waals surface area (Å²) in [5.41, 5.74) is 0. The van der Waals surface area contributed by atoms with Crippen LogP contribution in [0.4, 0.5) is 0 Å². The van der Waals surface area contributed by atoms with Crippen molar-refractivity contribution in [3.05, 3.63) is 0 Å². The zero-order valence-electron chi connectivity index (χ0n) is 6.94. The molecule has 70 valence electrons. The van der Waals surface area contributed by atoms with Gasteiger partial charge in [0.05, 0.1) is 6.61 Å². The van der Waals surface area contributed by atoms with E-state index in [2.05, 4.69) is 0 Å². The molecule has 2 aliphatic rings. The van der Waals surface area contributed by atoms with Crippen molar-refractivity contribution in [1.82, 2.24) is 0 Å². The number of hydrogen-bond donors (Lipinski definition) is 1. The second-order valence-corrected chi connectivity index (χ2v) is 3.19. The molecule has 0 aromatic rings. The fraction of sp³-hybridized carbons (Fsp3) is 1.00. The zero-order chi connectivity index (χ0) is 8.39. The van der Waals surface area contributed by atoms with Crippen molar-refractivity contribution in [2.45, 2.75) is 37.9 Å². The van der Waals surface area contributed by atoms with Crippen molar-refractivity contribution < 1.29 is 19.3 Å². The van der Waals surface area contributed by atoms with Crippen molar-refractivity contribution in [2.75, 3.05) is 13.2 Å². The van der Waals surface area contributed by atoms with Gasteiger partial charge in [0.25, 0.3) is 0 Å². The van der Waals surface area contributed by atoms with Crippen molar-refractivity contribution in [3.8, 4) is 0 Å². The number of epoxide rings is 1. The molecule has 2 fully saturated rings. The third-order valence-corrected chi connectivity index (χ3v) is 2.11. The summed E-state index contributed by atoms with van der Waals surface area (Å²) >= 11 is 0. The van der Waals surface area contributed by atoms with E-state index in [0.29, 0.717) is 6.61 Å². The molecular weight excluding hydrogens is 160 g/mol. The van der Waals surface area contributed by atoms with E-state index in [1.54, 1.807) is 0 Å².